The second-order valence-electron chi connectivity index (χ2n) is 5.22. The van der Waals surface area contributed by atoms with Gasteiger partial charge in [-0.3, -0.25) is 9.59 Å². The molecule has 0 saturated carbocycles. The molecule has 9 nitrogen and oxygen atoms in total. The van der Waals surface area contributed by atoms with Crippen molar-refractivity contribution in [2.75, 3.05) is 26.2 Å². The fraction of sp³-hybridized carbons (Fsp3) is 0.800. The number of carbonyl (C=O) groups is 3. The Hall–Kier alpha value is -1.38. The summed E-state index contributed by atoms with van der Waals surface area (Å²) in [7, 11) is 3.48. The smallest absolute Gasteiger partial charge is 0.511 e. The van der Waals surface area contributed by atoms with E-state index in [1.165, 1.54) is 0 Å². The zero-order chi connectivity index (χ0) is 19.9. The number of ether oxygens (including phenoxy) is 3. The molecule has 0 rings (SSSR count). The molecule has 0 spiro atoms. The van der Waals surface area contributed by atoms with E-state index in [1.54, 1.807) is 13.8 Å². The van der Waals surface area contributed by atoms with Crippen molar-refractivity contribution in [1.29, 1.82) is 0 Å². The van der Waals surface area contributed by atoms with E-state index in [4.69, 9.17) is 26.6 Å². The first-order chi connectivity index (χ1) is 12.3. The molecular formula is C15H26BO9P. The summed E-state index contributed by atoms with van der Waals surface area (Å²) in [5.74, 6) is -2.01. The Morgan fingerprint density at radius 2 is 1.65 bits per heavy atom. The Morgan fingerprint density at radius 3 is 2.15 bits per heavy atom. The van der Waals surface area contributed by atoms with Gasteiger partial charge < -0.3 is 27.9 Å². The predicted octanol–water partition coefficient (Wildman–Crippen LogP) is 2.46. The SMILES string of the molecule is [B]OC(=O)CCC(CP(OCC)OCC)C(=O)OCOC(=O)OC(C)C. The molecule has 0 fully saturated rings. The van der Waals surface area contributed by atoms with Gasteiger partial charge in [0.25, 0.3) is 5.97 Å². The fourth-order valence-electron chi connectivity index (χ4n) is 1.73. The van der Waals surface area contributed by atoms with Gasteiger partial charge in [-0.2, -0.15) is 0 Å². The minimum atomic E-state index is -1.32. The summed E-state index contributed by atoms with van der Waals surface area (Å²) >= 11 is 0. The topological polar surface area (TPSA) is 107 Å². The van der Waals surface area contributed by atoms with Crippen molar-refractivity contribution in [3.8, 4) is 0 Å². The van der Waals surface area contributed by atoms with Crippen LogP contribution < -0.4 is 0 Å². The minimum Gasteiger partial charge on any atom is -0.543 e. The minimum absolute atomic E-state index is 0.0755. The second kappa shape index (κ2) is 14.8. The highest BCUT2D eigenvalue weighted by Gasteiger charge is 2.27. The van der Waals surface area contributed by atoms with Crippen molar-refractivity contribution in [2.45, 2.75) is 46.6 Å². The number of esters is 1. The van der Waals surface area contributed by atoms with Crippen LogP contribution in [0.1, 0.15) is 40.5 Å². The number of hydrogen-bond acceptors (Lipinski definition) is 9. The lowest BCUT2D eigenvalue weighted by atomic mass is 10.1. The monoisotopic (exact) mass is 392 g/mol. The van der Waals surface area contributed by atoms with Gasteiger partial charge in [-0.25, -0.2) is 4.79 Å². The maximum atomic E-state index is 12.3. The number of carbonyl (C=O) groups excluding carboxylic acids is 3. The molecule has 0 N–H and O–H groups in total. The second-order valence-corrected chi connectivity index (χ2v) is 6.77. The average Bonchev–Trinajstić information content (AvgIpc) is 2.57. The lowest BCUT2D eigenvalue weighted by molar-refractivity contribution is -0.158. The van der Waals surface area contributed by atoms with Crippen molar-refractivity contribution >= 4 is 34.5 Å². The van der Waals surface area contributed by atoms with Crippen molar-refractivity contribution in [2.24, 2.45) is 5.92 Å². The standard InChI is InChI=1S/C15H26BO9P/c1-5-22-26(23-6-2)9-12(7-8-13(17)25-16)14(18)20-10-21-15(19)24-11(3)4/h11-12H,5-10H2,1-4H3. The Labute approximate surface area is 156 Å². The molecule has 0 aliphatic rings. The third-order valence-corrected chi connectivity index (χ3v) is 4.62. The summed E-state index contributed by atoms with van der Waals surface area (Å²) in [6, 6.07) is 0. The molecule has 11 heteroatoms. The first kappa shape index (κ1) is 24.6. The van der Waals surface area contributed by atoms with Gasteiger partial charge in [0.1, 0.15) is 0 Å². The number of rotatable bonds is 13. The van der Waals surface area contributed by atoms with Crippen LogP contribution in [0, 0.1) is 5.92 Å². The molecule has 0 aliphatic carbocycles. The van der Waals surface area contributed by atoms with Crippen molar-refractivity contribution < 1.29 is 42.3 Å². The van der Waals surface area contributed by atoms with Gasteiger partial charge in [0.15, 0.2) is 8.38 Å². The molecule has 0 aliphatic heterocycles. The zero-order valence-corrected chi connectivity index (χ0v) is 16.5. The molecule has 1 atom stereocenters. The van der Waals surface area contributed by atoms with E-state index in [2.05, 4.69) is 9.39 Å². The molecule has 0 aromatic rings. The maximum Gasteiger partial charge on any atom is 0.511 e. The van der Waals surface area contributed by atoms with Crippen LogP contribution >= 0.6 is 8.38 Å². The summed E-state index contributed by atoms with van der Waals surface area (Å²) in [6.45, 7) is 7.17. The molecule has 26 heavy (non-hydrogen) atoms. The summed E-state index contributed by atoms with van der Waals surface area (Å²) in [5.41, 5.74) is 0. The predicted molar refractivity (Wildman–Crippen MR) is 93.3 cm³/mol. The van der Waals surface area contributed by atoms with E-state index in [-0.39, 0.29) is 25.1 Å². The fourth-order valence-corrected chi connectivity index (χ4v) is 3.28. The van der Waals surface area contributed by atoms with Gasteiger partial charge >= 0.3 is 20.2 Å². The summed E-state index contributed by atoms with van der Waals surface area (Å²) in [4.78, 5) is 34.8. The van der Waals surface area contributed by atoms with Crippen LogP contribution in [0.3, 0.4) is 0 Å². The van der Waals surface area contributed by atoms with Crippen LogP contribution in [0.15, 0.2) is 0 Å². The molecule has 0 saturated heterocycles. The van der Waals surface area contributed by atoms with Gasteiger partial charge in [0.2, 0.25) is 6.79 Å². The lowest BCUT2D eigenvalue weighted by Gasteiger charge is -2.21. The Morgan fingerprint density at radius 1 is 1.04 bits per heavy atom. The van der Waals surface area contributed by atoms with Gasteiger partial charge in [-0.05, 0) is 34.1 Å². The highest BCUT2D eigenvalue weighted by Crippen LogP contribution is 2.41. The molecule has 0 aromatic heterocycles. The van der Waals surface area contributed by atoms with Gasteiger partial charge in [0, 0.05) is 12.6 Å². The molecular weight excluding hydrogens is 366 g/mol. The lowest BCUT2D eigenvalue weighted by Crippen LogP contribution is -2.25. The average molecular weight is 392 g/mol. The van der Waals surface area contributed by atoms with Crippen molar-refractivity contribution in [3.05, 3.63) is 0 Å². The van der Waals surface area contributed by atoms with Crippen LogP contribution in [-0.4, -0.2) is 58.4 Å². The van der Waals surface area contributed by atoms with Crippen LogP contribution in [-0.2, 0) is 37.5 Å². The Bertz CT molecular complexity index is 427. The molecule has 0 amide bonds. The molecule has 0 heterocycles. The van der Waals surface area contributed by atoms with E-state index in [0.29, 0.717) is 13.2 Å². The first-order valence-corrected chi connectivity index (χ1v) is 9.63. The molecule has 0 aromatic carbocycles. The highest BCUT2D eigenvalue weighted by atomic mass is 31.2. The summed E-state index contributed by atoms with van der Waals surface area (Å²) in [6.07, 6.45) is -1.02. The van der Waals surface area contributed by atoms with Gasteiger partial charge in [0.05, 0.1) is 25.2 Å². The maximum absolute atomic E-state index is 12.3. The van der Waals surface area contributed by atoms with Crippen LogP contribution in [0.25, 0.3) is 0 Å². The third kappa shape index (κ3) is 12.1. The number of hydrogen-bond donors (Lipinski definition) is 0. The quantitative estimate of drug-likeness (QED) is 0.202. The van der Waals surface area contributed by atoms with E-state index in [1.807, 2.05) is 13.8 Å². The normalized spacial score (nSPS) is 11.9. The highest BCUT2D eigenvalue weighted by molar-refractivity contribution is 7.47. The zero-order valence-electron chi connectivity index (χ0n) is 15.6. The Balaban J connectivity index is 4.66. The van der Waals surface area contributed by atoms with E-state index in [9.17, 15) is 14.4 Å². The van der Waals surface area contributed by atoms with Crippen molar-refractivity contribution in [1.82, 2.24) is 0 Å². The van der Waals surface area contributed by atoms with Gasteiger partial charge in [-0.1, -0.05) is 0 Å². The van der Waals surface area contributed by atoms with E-state index in [0.717, 1.165) is 0 Å². The van der Waals surface area contributed by atoms with Crippen molar-refractivity contribution in [3.63, 3.8) is 0 Å². The first-order valence-electron chi connectivity index (χ1n) is 8.26. The van der Waals surface area contributed by atoms with E-state index < -0.39 is 39.2 Å². The van der Waals surface area contributed by atoms with E-state index >= 15 is 0 Å². The third-order valence-electron chi connectivity index (χ3n) is 2.79. The van der Waals surface area contributed by atoms with Crippen LogP contribution in [0.5, 0.6) is 0 Å². The largest absolute Gasteiger partial charge is 0.543 e. The summed E-state index contributed by atoms with van der Waals surface area (Å²) < 4.78 is 29.4. The molecule has 2 radical (unpaired) electrons. The van der Waals surface area contributed by atoms with Crippen LogP contribution in [0.4, 0.5) is 4.79 Å². The Kier molecular flexibility index (Phi) is 14.0. The molecule has 0 bridgehead atoms. The van der Waals surface area contributed by atoms with Gasteiger partial charge in [-0.15, -0.1) is 0 Å². The molecule has 148 valence electrons. The van der Waals surface area contributed by atoms with Crippen LogP contribution in [0.2, 0.25) is 0 Å². The summed E-state index contributed by atoms with van der Waals surface area (Å²) in [5, 5.41) is 0. The molecule has 1 unspecified atom stereocenters.